The molecule has 3 heteroatoms. The fourth-order valence-corrected chi connectivity index (χ4v) is 3.62. The summed E-state index contributed by atoms with van der Waals surface area (Å²) in [6, 6.07) is 12.4. The highest BCUT2D eigenvalue weighted by atomic mass is 16.5. The van der Waals surface area contributed by atoms with Crippen molar-refractivity contribution in [1.82, 2.24) is 5.32 Å². The molecule has 0 aliphatic carbocycles. The van der Waals surface area contributed by atoms with Gasteiger partial charge in [0.2, 0.25) is 0 Å². The van der Waals surface area contributed by atoms with Crippen LogP contribution in [0.3, 0.4) is 0 Å². The predicted octanol–water partition coefficient (Wildman–Crippen LogP) is 5.49. The summed E-state index contributed by atoms with van der Waals surface area (Å²) in [5.41, 5.74) is 0.118. The van der Waals surface area contributed by atoms with Crippen LogP contribution in [0.15, 0.2) is 36.4 Å². The van der Waals surface area contributed by atoms with Crippen LogP contribution in [0.5, 0.6) is 5.75 Å². The summed E-state index contributed by atoms with van der Waals surface area (Å²) in [5.74, 6) is 1.07. The van der Waals surface area contributed by atoms with Gasteiger partial charge in [0.05, 0.1) is 11.7 Å². The molecule has 0 bridgehead atoms. The van der Waals surface area contributed by atoms with Crippen LogP contribution in [0.4, 0.5) is 0 Å². The molecule has 2 aromatic carbocycles. The number of nitrogens with one attached hydrogen (secondary N) is 1. The third-order valence-electron chi connectivity index (χ3n) is 5.22. The van der Waals surface area contributed by atoms with Crippen LogP contribution in [0.25, 0.3) is 10.8 Å². The summed E-state index contributed by atoms with van der Waals surface area (Å²) in [4.78, 5) is 0. The van der Waals surface area contributed by atoms with Crippen molar-refractivity contribution in [2.24, 2.45) is 11.8 Å². The summed E-state index contributed by atoms with van der Waals surface area (Å²) in [5, 5.41) is 17.5. The molecular formula is C24H37NO2. The smallest absolute Gasteiger partial charge is 0.120 e. The molecule has 0 aliphatic heterocycles. The fraction of sp³-hybridized carbons (Fsp3) is 0.583. The molecule has 0 heterocycles. The van der Waals surface area contributed by atoms with Crippen molar-refractivity contribution >= 4 is 10.8 Å². The molecule has 2 N–H and O–H groups in total. The third kappa shape index (κ3) is 5.24. The van der Waals surface area contributed by atoms with Gasteiger partial charge in [-0.05, 0) is 75.1 Å². The highest BCUT2D eigenvalue weighted by Gasteiger charge is 2.39. The van der Waals surface area contributed by atoms with Gasteiger partial charge in [-0.3, -0.25) is 0 Å². The van der Waals surface area contributed by atoms with E-state index in [1.807, 2.05) is 19.9 Å². The van der Waals surface area contributed by atoms with E-state index in [-0.39, 0.29) is 23.5 Å². The monoisotopic (exact) mass is 371 g/mol. The Morgan fingerprint density at radius 2 is 1.52 bits per heavy atom. The SMILES string of the molecule is CC(C)Oc1ccc2cc(C(O)(C(C)C)C(C)CNC(C)(C)C)ccc2c1. The topological polar surface area (TPSA) is 41.5 Å². The molecule has 0 radical (unpaired) electrons. The summed E-state index contributed by atoms with van der Waals surface area (Å²) in [6.07, 6.45) is 0.156. The maximum absolute atomic E-state index is 11.7. The van der Waals surface area contributed by atoms with Crippen LogP contribution in [0.2, 0.25) is 0 Å². The van der Waals surface area contributed by atoms with Gasteiger partial charge in [0, 0.05) is 18.0 Å². The highest BCUT2D eigenvalue weighted by Crippen LogP contribution is 2.38. The van der Waals surface area contributed by atoms with Gasteiger partial charge in [0.1, 0.15) is 5.75 Å². The molecule has 2 atom stereocenters. The van der Waals surface area contributed by atoms with Gasteiger partial charge >= 0.3 is 0 Å². The van der Waals surface area contributed by atoms with Gasteiger partial charge in [0.25, 0.3) is 0 Å². The van der Waals surface area contributed by atoms with Crippen molar-refractivity contribution in [2.75, 3.05) is 6.54 Å². The first-order valence-corrected chi connectivity index (χ1v) is 10.1. The van der Waals surface area contributed by atoms with E-state index in [0.717, 1.165) is 28.6 Å². The quantitative estimate of drug-likeness (QED) is 0.676. The van der Waals surface area contributed by atoms with E-state index in [1.165, 1.54) is 0 Å². The summed E-state index contributed by atoms with van der Waals surface area (Å²) in [6.45, 7) is 17.6. The van der Waals surface area contributed by atoms with Crippen LogP contribution in [-0.2, 0) is 5.60 Å². The average molecular weight is 372 g/mol. The molecule has 2 unspecified atom stereocenters. The molecule has 2 aromatic rings. The molecular weight excluding hydrogens is 334 g/mol. The summed E-state index contributed by atoms with van der Waals surface area (Å²) in [7, 11) is 0. The Kier molecular flexibility index (Phi) is 6.59. The normalized spacial score (nSPS) is 16.0. The second-order valence-corrected chi connectivity index (χ2v) is 9.40. The van der Waals surface area contributed by atoms with Gasteiger partial charge in [-0.25, -0.2) is 0 Å². The minimum atomic E-state index is -0.889. The number of rotatable bonds is 7. The molecule has 0 saturated carbocycles. The molecule has 2 rings (SSSR count). The second-order valence-electron chi connectivity index (χ2n) is 9.40. The van der Waals surface area contributed by atoms with Gasteiger partial charge < -0.3 is 15.2 Å². The first kappa shape index (κ1) is 21.7. The van der Waals surface area contributed by atoms with Crippen molar-refractivity contribution < 1.29 is 9.84 Å². The summed E-state index contributed by atoms with van der Waals surface area (Å²) < 4.78 is 5.80. The first-order chi connectivity index (χ1) is 12.4. The number of fused-ring (bicyclic) bond motifs is 1. The Hall–Kier alpha value is -1.58. The maximum Gasteiger partial charge on any atom is 0.120 e. The molecule has 0 fully saturated rings. The van der Waals surface area contributed by atoms with Crippen molar-refractivity contribution in [3.05, 3.63) is 42.0 Å². The van der Waals surface area contributed by atoms with Gasteiger partial charge in [0.15, 0.2) is 0 Å². The lowest BCUT2D eigenvalue weighted by Gasteiger charge is -2.40. The molecule has 0 spiro atoms. The van der Waals surface area contributed by atoms with Crippen LogP contribution in [0, 0.1) is 11.8 Å². The molecule has 0 aliphatic rings. The Morgan fingerprint density at radius 3 is 2.07 bits per heavy atom. The number of ether oxygens (including phenoxy) is 1. The minimum Gasteiger partial charge on any atom is -0.491 e. The maximum atomic E-state index is 11.7. The fourth-order valence-electron chi connectivity index (χ4n) is 3.62. The van der Waals surface area contributed by atoms with Crippen LogP contribution in [0.1, 0.15) is 61.0 Å². The zero-order chi connectivity index (χ0) is 20.4. The molecule has 0 aromatic heterocycles. The van der Waals surface area contributed by atoms with Crippen molar-refractivity contribution in [2.45, 2.75) is 72.6 Å². The number of hydrogen-bond acceptors (Lipinski definition) is 3. The largest absolute Gasteiger partial charge is 0.491 e. The third-order valence-corrected chi connectivity index (χ3v) is 5.22. The first-order valence-electron chi connectivity index (χ1n) is 10.1. The average Bonchev–Trinajstić information content (AvgIpc) is 2.57. The number of aliphatic hydroxyl groups is 1. The lowest BCUT2D eigenvalue weighted by atomic mass is 9.73. The van der Waals surface area contributed by atoms with Crippen LogP contribution < -0.4 is 10.1 Å². The Morgan fingerprint density at radius 1 is 0.926 bits per heavy atom. The van der Waals surface area contributed by atoms with Crippen molar-refractivity contribution in [3.63, 3.8) is 0 Å². The van der Waals surface area contributed by atoms with Gasteiger partial charge in [-0.2, -0.15) is 0 Å². The number of hydrogen-bond donors (Lipinski definition) is 2. The van der Waals surface area contributed by atoms with E-state index in [2.05, 4.69) is 77.2 Å². The minimum absolute atomic E-state index is 0.0301. The Labute approximate surface area is 165 Å². The molecule has 150 valence electrons. The van der Waals surface area contributed by atoms with E-state index in [9.17, 15) is 5.11 Å². The zero-order valence-electron chi connectivity index (χ0n) is 18.3. The van der Waals surface area contributed by atoms with Gasteiger partial charge in [-0.1, -0.05) is 39.0 Å². The molecule has 3 nitrogen and oxygen atoms in total. The van der Waals surface area contributed by atoms with Crippen LogP contribution in [-0.4, -0.2) is 23.3 Å². The Bertz CT molecular complexity index is 761. The van der Waals surface area contributed by atoms with E-state index >= 15 is 0 Å². The van der Waals surface area contributed by atoms with Crippen LogP contribution >= 0.6 is 0 Å². The lowest BCUT2D eigenvalue weighted by Crippen LogP contribution is -2.47. The molecule has 0 saturated heterocycles. The van der Waals surface area contributed by atoms with Gasteiger partial charge in [-0.15, -0.1) is 0 Å². The zero-order valence-corrected chi connectivity index (χ0v) is 18.3. The van der Waals surface area contributed by atoms with E-state index in [1.54, 1.807) is 0 Å². The molecule has 0 amide bonds. The van der Waals surface area contributed by atoms with E-state index in [0.29, 0.717) is 0 Å². The highest BCUT2D eigenvalue weighted by molar-refractivity contribution is 5.84. The number of benzene rings is 2. The van der Waals surface area contributed by atoms with Crippen molar-refractivity contribution in [3.8, 4) is 5.75 Å². The second kappa shape index (κ2) is 8.20. The molecule has 27 heavy (non-hydrogen) atoms. The standard InChI is InChI=1S/C24H37NO2/c1-16(2)24(26,18(5)15-25-23(6,7)8)21-11-9-20-14-22(27-17(3)4)12-10-19(20)13-21/h9-14,16-18,25-26H,15H2,1-8H3. The van der Waals surface area contributed by atoms with E-state index < -0.39 is 5.60 Å². The van der Waals surface area contributed by atoms with Crippen molar-refractivity contribution in [1.29, 1.82) is 0 Å². The Balaban J connectivity index is 2.37. The predicted molar refractivity (Wildman–Crippen MR) is 115 cm³/mol. The van der Waals surface area contributed by atoms with E-state index in [4.69, 9.17) is 4.74 Å². The summed E-state index contributed by atoms with van der Waals surface area (Å²) >= 11 is 0. The lowest BCUT2D eigenvalue weighted by molar-refractivity contribution is -0.0599.